The van der Waals surface area contributed by atoms with Crippen LogP contribution in [0.15, 0.2) is 42.5 Å². The van der Waals surface area contributed by atoms with Crippen LogP contribution in [0.2, 0.25) is 5.02 Å². The van der Waals surface area contributed by atoms with Crippen molar-refractivity contribution in [2.75, 3.05) is 13.2 Å². The van der Waals surface area contributed by atoms with Crippen molar-refractivity contribution in [2.24, 2.45) is 0 Å². The monoisotopic (exact) mass is 460 g/mol. The van der Waals surface area contributed by atoms with Gasteiger partial charge in [0.1, 0.15) is 12.0 Å². The summed E-state index contributed by atoms with van der Waals surface area (Å²) in [7, 11) is -0.711. The molecule has 0 aromatic heterocycles. The molecule has 1 saturated heterocycles. The second kappa shape index (κ2) is 11.8. The van der Waals surface area contributed by atoms with Gasteiger partial charge in [0.05, 0.1) is 31.0 Å². The molecule has 0 amide bonds. The van der Waals surface area contributed by atoms with Gasteiger partial charge in [0.15, 0.2) is 0 Å². The molecule has 1 aliphatic heterocycles. The highest BCUT2D eigenvalue weighted by Gasteiger charge is 2.53. The predicted octanol–water partition coefficient (Wildman–Crippen LogP) is 5.46. The smallest absolute Gasteiger partial charge is 0.494 e. The van der Waals surface area contributed by atoms with E-state index in [0.29, 0.717) is 48.0 Å². The van der Waals surface area contributed by atoms with Crippen LogP contribution in [0.25, 0.3) is 0 Å². The minimum atomic E-state index is -0.711. The van der Waals surface area contributed by atoms with Crippen molar-refractivity contribution in [3.63, 3.8) is 0 Å². The SMILES string of the molecule is CC.CC1(C)OB(c2c(C=O)cc(Cl)cc2OCCCOCc2ccccc2)OC1(C)C. The standard InChI is InChI=1S/C23H28BClO5.C2H6/c1-22(2)23(3,4)30-24(29-22)21-18(15-26)13-19(25)14-20(21)28-12-8-11-27-16-17-9-6-5-7-10-17;1-2/h5-7,9-10,13-15H,8,11-12,16H2,1-4H3;1-2H3. The topological polar surface area (TPSA) is 54.0 Å². The maximum absolute atomic E-state index is 11.7. The second-order valence-electron chi connectivity index (χ2n) is 8.35. The van der Waals surface area contributed by atoms with Gasteiger partial charge in [-0.3, -0.25) is 4.79 Å². The quantitative estimate of drug-likeness (QED) is 0.282. The van der Waals surface area contributed by atoms with Crippen LogP contribution >= 0.6 is 11.6 Å². The number of carbonyl (C=O) groups excluding carboxylic acids is 1. The van der Waals surface area contributed by atoms with E-state index >= 15 is 0 Å². The Morgan fingerprint density at radius 1 is 1.00 bits per heavy atom. The summed E-state index contributed by atoms with van der Waals surface area (Å²) in [6.45, 7) is 13.4. The van der Waals surface area contributed by atoms with Crippen molar-refractivity contribution in [3.8, 4) is 5.75 Å². The van der Waals surface area contributed by atoms with E-state index in [9.17, 15) is 4.79 Å². The number of aldehydes is 1. The van der Waals surface area contributed by atoms with Crippen LogP contribution in [0.1, 0.15) is 63.9 Å². The molecule has 0 spiro atoms. The lowest BCUT2D eigenvalue weighted by Gasteiger charge is -2.32. The molecule has 5 nitrogen and oxygen atoms in total. The van der Waals surface area contributed by atoms with Crippen LogP contribution in [0.4, 0.5) is 0 Å². The lowest BCUT2D eigenvalue weighted by atomic mass is 9.75. The minimum absolute atomic E-state index is 0.399. The molecule has 0 bridgehead atoms. The first-order valence-corrected chi connectivity index (χ1v) is 11.5. The molecule has 32 heavy (non-hydrogen) atoms. The van der Waals surface area contributed by atoms with Gasteiger partial charge in [-0.15, -0.1) is 0 Å². The molecule has 1 fully saturated rings. The van der Waals surface area contributed by atoms with Crippen molar-refractivity contribution in [3.05, 3.63) is 58.6 Å². The molecule has 0 unspecified atom stereocenters. The second-order valence-corrected chi connectivity index (χ2v) is 8.79. The Balaban J connectivity index is 0.00000176. The number of benzene rings is 2. The third-order valence-electron chi connectivity index (χ3n) is 5.56. The maximum Gasteiger partial charge on any atom is 0.499 e. The van der Waals surface area contributed by atoms with Crippen LogP contribution in [0.5, 0.6) is 5.75 Å². The van der Waals surface area contributed by atoms with Gasteiger partial charge in [0.2, 0.25) is 0 Å². The van der Waals surface area contributed by atoms with Gasteiger partial charge in [0, 0.05) is 22.5 Å². The molecule has 7 heteroatoms. The normalized spacial score (nSPS) is 16.3. The molecule has 2 aromatic carbocycles. The average molecular weight is 461 g/mol. The summed E-state index contributed by atoms with van der Waals surface area (Å²) in [6.07, 6.45) is 1.45. The summed E-state index contributed by atoms with van der Waals surface area (Å²) in [5, 5.41) is 0.424. The van der Waals surface area contributed by atoms with Crippen molar-refractivity contribution < 1.29 is 23.6 Å². The first kappa shape index (κ1) is 26.4. The summed E-state index contributed by atoms with van der Waals surface area (Å²) < 4.78 is 24.0. The third-order valence-corrected chi connectivity index (χ3v) is 5.78. The minimum Gasteiger partial charge on any atom is -0.494 e. The van der Waals surface area contributed by atoms with E-state index in [0.717, 1.165) is 11.8 Å². The van der Waals surface area contributed by atoms with E-state index in [1.165, 1.54) is 0 Å². The fourth-order valence-corrected chi connectivity index (χ4v) is 3.37. The van der Waals surface area contributed by atoms with Crippen molar-refractivity contribution in [2.45, 2.75) is 65.8 Å². The third kappa shape index (κ3) is 6.58. The molecular formula is C25H34BClO5. The van der Waals surface area contributed by atoms with Gasteiger partial charge < -0.3 is 18.8 Å². The van der Waals surface area contributed by atoms with Gasteiger partial charge in [-0.1, -0.05) is 55.8 Å². The predicted molar refractivity (Wildman–Crippen MR) is 130 cm³/mol. The van der Waals surface area contributed by atoms with Crippen LogP contribution in [0, 0.1) is 0 Å². The van der Waals surface area contributed by atoms with Crippen LogP contribution < -0.4 is 10.2 Å². The summed E-state index contributed by atoms with van der Waals surface area (Å²) in [5.41, 5.74) is 1.04. The summed E-state index contributed by atoms with van der Waals surface area (Å²) in [4.78, 5) is 11.7. The van der Waals surface area contributed by atoms with Crippen molar-refractivity contribution >= 4 is 30.5 Å². The van der Waals surface area contributed by atoms with E-state index in [4.69, 9.17) is 30.4 Å². The lowest BCUT2D eigenvalue weighted by molar-refractivity contribution is 0.00578. The molecule has 1 aliphatic rings. The van der Waals surface area contributed by atoms with Crippen molar-refractivity contribution in [1.82, 2.24) is 0 Å². The highest BCUT2D eigenvalue weighted by Crippen LogP contribution is 2.37. The molecule has 0 atom stereocenters. The number of carbonyl (C=O) groups is 1. The Morgan fingerprint density at radius 3 is 2.22 bits per heavy atom. The number of halogens is 1. The molecule has 0 radical (unpaired) electrons. The van der Waals surface area contributed by atoms with Crippen molar-refractivity contribution in [1.29, 1.82) is 0 Å². The van der Waals surface area contributed by atoms with E-state index < -0.39 is 18.3 Å². The maximum atomic E-state index is 11.7. The fourth-order valence-electron chi connectivity index (χ4n) is 3.15. The van der Waals surface area contributed by atoms with E-state index in [-0.39, 0.29) is 0 Å². The Bertz CT molecular complexity index is 854. The number of ether oxygens (including phenoxy) is 2. The zero-order valence-electron chi connectivity index (χ0n) is 19.9. The van der Waals surface area contributed by atoms with Gasteiger partial charge in [-0.25, -0.2) is 0 Å². The molecule has 0 aliphatic carbocycles. The summed E-state index contributed by atoms with van der Waals surface area (Å²) in [5.74, 6) is 0.492. The van der Waals surface area contributed by atoms with E-state index in [2.05, 4.69) is 0 Å². The van der Waals surface area contributed by atoms with Gasteiger partial charge in [0.25, 0.3) is 0 Å². The zero-order valence-corrected chi connectivity index (χ0v) is 20.7. The first-order valence-electron chi connectivity index (χ1n) is 11.1. The number of rotatable bonds is 9. The molecule has 0 N–H and O–H groups in total. The Hall–Kier alpha value is -1.86. The van der Waals surface area contributed by atoms with Crippen LogP contribution in [0.3, 0.4) is 0 Å². The first-order chi connectivity index (χ1) is 15.2. The van der Waals surface area contributed by atoms with E-state index in [1.54, 1.807) is 12.1 Å². The highest BCUT2D eigenvalue weighted by molar-refractivity contribution is 6.64. The Morgan fingerprint density at radius 2 is 1.62 bits per heavy atom. The summed E-state index contributed by atoms with van der Waals surface area (Å²) in [6, 6.07) is 13.3. The van der Waals surface area contributed by atoms with Gasteiger partial charge in [-0.05, 0) is 45.4 Å². The molecule has 2 aromatic rings. The molecule has 3 rings (SSSR count). The fraction of sp³-hybridized carbons (Fsp3) is 0.480. The molecule has 174 valence electrons. The molecule has 1 heterocycles. The van der Waals surface area contributed by atoms with Crippen LogP contribution in [-0.2, 0) is 20.7 Å². The Labute approximate surface area is 197 Å². The highest BCUT2D eigenvalue weighted by atomic mass is 35.5. The zero-order chi connectivity index (χ0) is 23.8. The van der Waals surface area contributed by atoms with E-state index in [1.807, 2.05) is 71.9 Å². The lowest BCUT2D eigenvalue weighted by Crippen LogP contribution is -2.41. The Kier molecular flexibility index (Phi) is 9.77. The number of hydrogen-bond acceptors (Lipinski definition) is 5. The van der Waals surface area contributed by atoms with Gasteiger partial charge in [-0.2, -0.15) is 0 Å². The molecule has 0 saturated carbocycles. The summed E-state index contributed by atoms with van der Waals surface area (Å²) >= 11 is 6.20. The number of hydrogen-bond donors (Lipinski definition) is 0. The molecular weight excluding hydrogens is 427 g/mol. The van der Waals surface area contributed by atoms with Gasteiger partial charge >= 0.3 is 7.12 Å². The largest absolute Gasteiger partial charge is 0.499 e. The van der Waals surface area contributed by atoms with Crippen LogP contribution in [-0.4, -0.2) is 37.8 Å². The average Bonchev–Trinajstić information content (AvgIpc) is 2.98.